The fourth-order valence-electron chi connectivity index (χ4n) is 3.17. The third-order valence-electron chi connectivity index (χ3n) is 4.87. The molecule has 0 saturated heterocycles. The van der Waals surface area contributed by atoms with Gasteiger partial charge in [-0.1, -0.05) is 23.8 Å². The van der Waals surface area contributed by atoms with Crippen molar-refractivity contribution in [2.45, 2.75) is 18.7 Å². The van der Waals surface area contributed by atoms with Gasteiger partial charge in [0.05, 0.1) is 4.90 Å². The number of carbonyl (C=O) groups is 1. The van der Waals surface area contributed by atoms with E-state index in [0.29, 0.717) is 41.7 Å². The SMILES string of the molecule is Cc1ccc(NS(=O)(=O)c2ccc(C)c(C(=O)Nc3ccc4c(c3)OCCO4)c2)cc1. The molecule has 0 unspecified atom stereocenters. The van der Waals surface area contributed by atoms with Gasteiger partial charge in [0.2, 0.25) is 0 Å². The Balaban J connectivity index is 1.57. The molecule has 1 aliphatic rings. The zero-order chi connectivity index (χ0) is 22.0. The van der Waals surface area contributed by atoms with E-state index in [1.807, 2.05) is 19.1 Å². The Morgan fingerprint density at radius 1 is 0.839 bits per heavy atom. The van der Waals surface area contributed by atoms with Crippen LogP contribution in [0, 0.1) is 13.8 Å². The summed E-state index contributed by atoms with van der Waals surface area (Å²) in [6, 6.07) is 16.6. The molecule has 4 rings (SSSR count). The maximum absolute atomic E-state index is 12.9. The number of benzene rings is 3. The van der Waals surface area contributed by atoms with Crippen LogP contribution >= 0.6 is 0 Å². The minimum atomic E-state index is -3.85. The van der Waals surface area contributed by atoms with E-state index in [2.05, 4.69) is 10.0 Å². The molecule has 0 spiro atoms. The number of fused-ring (bicyclic) bond motifs is 1. The van der Waals surface area contributed by atoms with Gasteiger partial charge in [0, 0.05) is 23.0 Å². The summed E-state index contributed by atoms with van der Waals surface area (Å²) in [7, 11) is -3.85. The number of aryl methyl sites for hydroxylation is 2. The van der Waals surface area contributed by atoms with E-state index in [9.17, 15) is 13.2 Å². The van der Waals surface area contributed by atoms with Crippen LogP contribution in [-0.4, -0.2) is 27.5 Å². The van der Waals surface area contributed by atoms with Crippen molar-refractivity contribution in [3.8, 4) is 11.5 Å². The van der Waals surface area contributed by atoms with Crippen LogP contribution in [0.5, 0.6) is 11.5 Å². The summed E-state index contributed by atoms with van der Waals surface area (Å²) < 4.78 is 39.2. The first kappa shape index (κ1) is 20.7. The third kappa shape index (κ3) is 4.64. The second-order valence-corrected chi connectivity index (χ2v) is 8.94. The van der Waals surface area contributed by atoms with Crippen molar-refractivity contribution < 1.29 is 22.7 Å². The van der Waals surface area contributed by atoms with Crippen molar-refractivity contribution in [1.29, 1.82) is 0 Å². The summed E-state index contributed by atoms with van der Waals surface area (Å²) in [5, 5.41) is 2.79. The van der Waals surface area contributed by atoms with E-state index in [0.717, 1.165) is 5.56 Å². The van der Waals surface area contributed by atoms with E-state index < -0.39 is 15.9 Å². The number of carbonyl (C=O) groups excluding carboxylic acids is 1. The average Bonchev–Trinajstić information content (AvgIpc) is 2.75. The van der Waals surface area contributed by atoms with E-state index in [-0.39, 0.29) is 10.5 Å². The minimum absolute atomic E-state index is 0.00555. The number of nitrogens with one attached hydrogen (secondary N) is 2. The van der Waals surface area contributed by atoms with Crippen molar-refractivity contribution >= 4 is 27.3 Å². The van der Waals surface area contributed by atoms with Gasteiger partial charge in [-0.15, -0.1) is 0 Å². The normalized spacial score (nSPS) is 12.8. The molecule has 3 aromatic carbocycles. The summed E-state index contributed by atoms with van der Waals surface area (Å²) in [4.78, 5) is 12.9. The van der Waals surface area contributed by atoms with Crippen molar-refractivity contribution in [3.63, 3.8) is 0 Å². The first-order valence-corrected chi connectivity index (χ1v) is 11.2. The smallest absolute Gasteiger partial charge is 0.261 e. The predicted molar refractivity (Wildman–Crippen MR) is 119 cm³/mol. The summed E-state index contributed by atoms with van der Waals surface area (Å²) in [6.07, 6.45) is 0. The lowest BCUT2D eigenvalue weighted by atomic mass is 10.1. The second-order valence-electron chi connectivity index (χ2n) is 7.26. The minimum Gasteiger partial charge on any atom is -0.486 e. The predicted octanol–water partition coefficient (Wildman–Crippen LogP) is 4.13. The first-order valence-electron chi connectivity index (χ1n) is 9.73. The molecule has 1 aliphatic heterocycles. The van der Waals surface area contributed by atoms with Crippen LogP contribution in [0.1, 0.15) is 21.5 Å². The summed E-state index contributed by atoms with van der Waals surface area (Å²) in [5.74, 6) is 0.761. The molecule has 160 valence electrons. The van der Waals surface area contributed by atoms with Crippen molar-refractivity contribution in [3.05, 3.63) is 77.4 Å². The largest absolute Gasteiger partial charge is 0.486 e. The number of sulfonamides is 1. The second kappa shape index (κ2) is 8.31. The van der Waals surface area contributed by atoms with E-state index >= 15 is 0 Å². The average molecular weight is 439 g/mol. The number of anilines is 2. The van der Waals surface area contributed by atoms with Gasteiger partial charge in [0.1, 0.15) is 13.2 Å². The maximum Gasteiger partial charge on any atom is 0.261 e. The number of hydrogen-bond donors (Lipinski definition) is 2. The number of ether oxygens (including phenoxy) is 2. The summed E-state index contributed by atoms with van der Waals surface area (Å²) >= 11 is 0. The molecule has 0 bridgehead atoms. The summed E-state index contributed by atoms with van der Waals surface area (Å²) in [5.41, 5.74) is 2.93. The zero-order valence-corrected chi connectivity index (χ0v) is 18.0. The van der Waals surface area contributed by atoms with Gasteiger partial charge < -0.3 is 14.8 Å². The molecule has 31 heavy (non-hydrogen) atoms. The topological polar surface area (TPSA) is 93.7 Å². The van der Waals surface area contributed by atoms with Crippen LogP contribution in [0.4, 0.5) is 11.4 Å². The Bertz CT molecular complexity index is 1240. The van der Waals surface area contributed by atoms with Gasteiger partial charge >= 0.3 is 0 Å². The lowest BCUT2D eigenvalue weighted by molar-refractivity contribution is 0.102. The molecule has 7 nitrogen and oxygen atoms in total. The molecule has 8 heteroatoms. The van der Waals surface area contributed by atoms with Gasteiger partial charge in [-0.2, -0.15) is 0 Å². The summed E-state index contributed by atoms with van der Waals surface area (Å²) in [6.45, 7) is 4.60. The number of amides is 1. The highest BCUT2D eigenvalue weighted by atomic mass is 32.2. The van der Waals surface area contributed by atoms with E-state index in [4.69, 9.17) is 9.47 Å². The highest BCUT2D eigenvalue weighted by molar-refractivity contribution is 7.92. The molecule has 2 N–H and O–H groups in total. The molecule has 0 fully saturated rings. The van der Waals surface area contributed by atoms with Gasteiger partial charge in [0.25, 0.3) is 15.9 Å². The molecular weight excluding hydrogens is 416 g/mol. The third-order valence-corrected chi connectivity index (χ3v) is 6.25. The quantitative estimate of drug-likeness (QED) is 0.625. The standard InChI is InChI=1S/C23H22N2O5S/c1-15-3-6-17(7-4-15)25-31(27,28)19-9-5-16(2)20(14-19)23(26)24-18-8-10-21-22(13-18)30-12-11-29-21/h3-10,13-14,25H,11-12H2,1-2H3,(H,24,26). The molecule has 0 saturated carbocycles. The Kier molecular flexibility index (Phi) is 5.56. The lowest BCUT2D eigenvalue weighted by Crippen LogP contribution is -2.18. The Hall–Kier alpha value is -3.52. The first-order chi connectivity index (χ1) is 14.8. The number of hydrogen-bond acceptors (Lipinski definition) is 5. The molecule has 1 amide bonds. The highest BCUT2D eigenvalue weighted by Crippen LogP contribution is 2.33. The fourth-order valence-corrected chi connectivity index (χ4v) is 4.25. The lowest BCUT2D eigenvalue weighted by Gasteiger charge is -2.19. The van der Waals surface area contributed by atoms with Gasteiger partial charge in [0.15, 0.2) is 11.5 Å². The Morgan fingerprint density at radius 3 is 2.26 bits per heavy atom. The molecule has 1 heterocycles. The van der Waals surface area contributed by atoms with Gasteiger partial charge in [-0.25, -0.2) is 8.42 Å². The van der Waals surface area contributed by atoms with Crippen molar-refractivity contribution in [2.24, 2.45) is 0 Å². The van der Waals surface area contributed by atoms with Crippen LogP contribution in [0.2, 0.25) is 0 Å². The van der Waals surface area contributed by atoms with Crippen LogP contribution in [0.15, 0.2) is 65.6 Å². The van der Waals surface area contributed by atoms with Crippen LogP contribution in [-0.2, 0) is 10.0 Å². The molecule has 3 aromatic rings. The molecule has 0 aliphatic carbocycles. The Morgan fingerprint density at radius 2 is 1.52 bits per heavy atom. The van der Waals surface area contributed by atoms with E-state index in [1.54, 1.807) is 43.3 Å². The maximum atomic E-state index is 12.9. The van der Waals surface area contributed by atoms with Crippen molar-refractivity contribution in [1.82, 2.24) is 0 Å². The molecular formula is C23H22N2O5S. The number of rotatable bonds is 5. The van der Waals surface area contributed by atoms with Gasteiger partial charge in [-0.05, 0) is 55.8 Å². The zero-order valence-electron chi connectivity index (χ0n) is 17.1. The Labute approximate surface area is 181 Å². The molecule has 0 aromatic heterocycles. The van der Waals surface area contributed by atoms with Crippen LogP contribution < -0.4 is 19.5 Å². The van der Waals surface area contributed by atoms with E-state index in [1.165, 1.54) is 12.1 Å². The van der Waals surface area contributed by atoms with Crippen LogP contribution in [0.3, 0.4) is 0 Å². The monoisotopic (exact) mass is 438 g/mol. The van der Waals surface area contributed by atoms with Gasteiger partial charge in [-0.3, -0.25) is 9.52 Å². The fraction of sp³-hybridized carbons (Fsp3) is 0.174. The highest BCUT2D eigenvalue weighted by Gasteiger charge is 2.19. The molecule has 0 atom stereocenters. The molecule has 0 radical (unpaired) electrons. The van der Waals surface area contributed by atoms with Crippen molar-refractivity contribution in [2.75, 3.05) is 23.3 Å². The van der Waals surface area contributed by atoms with Crippen LogP contribution in [0.25, 0.3) is 0 Å².